The van der Waals surface area contributed by atoms with Gasteiger partial charge in [0.1, 0.15) is 11.5 Å². The molecule has 1 aromatic carbocycles. The van der Waals surface area contributed by atoms with Gasteiger partial charge in [-0.2, -0.15) is 0 Å². The van der Waals surface area contributed by atoms with Crippen LogP contribution >= 0.6 is 0 Å². The molecule has 1 fully saturated rings. The molecule has 8 nitrogen and oxygen atoms in total. The molecule has 0 amide bonds. The average molecular weight is 384 g/mol. The lowest BCUT2D eigenvalue weighted by atomic mass is 9.75. The number of ketones is 1. The lowest BCUT2D eigenvalue weighted by molar-refractivity contribution is -0.159. The first kappa shape index (κ1) is 20.5. The second-order valence-corrected chi connectivity index (χ2v) is 8.88. The minimum Gasteiger partial charge on any atom is -0.480 e. The molecular weight excluding hydrogens is 360 g/mol. The Labute approximate surface area is 152 Å². The summed E-state index contributed by atoms with van der Waals surface area (Å²) in [7, 11) is -3.33. The van der Waals surface area contributed by atoms with Crippen LogP contribution in [0.4, 0.5) is 0 Å². The number of hydrogen-bond donors (Lipinski definition) is 4. The number of carbonyl (C=O) groups excluding carboxylic acids is 1. The normalized spacial score (nSPS) is 25.6. The first-order valence-corrected chi connectivity index (χ1v) is 10.1. The second kappa shape index (κ2) is 7.43. The van der Waals surface area contributed by atoms with Crippen molar-refractivity contribution >= 4 is 21.6 Å². The molecule has 1 saturated carbocycles. The Kier molecular flexibility index (Phi) is 5.86. The van der Waals surface area contributed by atoms with Crippen LogP contribution in [0.5, 0.6) is 0 Å². The molecule has 0 saturated heterocycles. The molecule has 0 aromatic heterocycles. The molecule has 1 aromatic rings. The summed E-state index contributed by atoms with van der Waals surface area (Å²) in [5.74, 6) is -2.20. The largest absolute Gasteiger partial charge is 0.480 e. The van der Waals surface area contributed by atoms with Crippen LogP contribution in [0.15, 0.2) is 29.2 Å². The van der Waals surface area contributed by atoms with Gasteiger partial charge in [0.2, 0.25) is 0 Å². The maximum Gasteiger partial charge on any atom is 0.318 e. The third-order valence-corrected chi connectivity index (χ3v) is 6.17. The molecule has 6 N–H and O–H groups in total. The van der Waals surface area contributed by atoms with Crippen molar-refractivity contribution in [3.63, 3.8) is 0 Å². The number of nitrogens with two attached hydrogens (primary N) is 2. The molecule has 26 heavy (non-hydrogen) atoms. The van der Waals surface area contributed by atoms with Crippen LogP contribution in [0, 0.1) is 5.41 Å². The smallest absolute Gasteiger partial charge is 0.318 e. The molecule has 1 aliphatic carbocycles. The summed E-state index contributed by atoms with van der Waals surface area (Å²) in [4.78, 5) is 24.5. The Hall–Kier alpha value is -1.81. The summed E-state index contributed by atoms with van der Waals surface area (Å²) in [5.41, 5.74) is 10.6. The molecule has 2 unspecified atom stereocenters. The van der Waals surface area contributed by atoms with Crippen LogP contribution < -0.4 is 11.5 Å². The highest BCUT2D eigenvalue weighted by Crippen LogP contribution is 2.39. The molecule has 0 aliphatic heterocycles. The maximum atomic E-state index is 12.7. The fourth-order valence-electron chi connectivity index (χ4n) is 3.42. The molecule has 2 rings (SSSR count). The number of hydrogen-bond acceptors (Lipinski definition) is 7. The second-order valence-electron chi connectivity index (χ2n) is 6.87. The van der Waals surface area contributed by atoms with E-state index in [-0.39, 0.29) is 17.7 Å². The molecule has 1 aliphatic rings. The summed E-state index contributed by atoms with van der Waals surface area (Å²) in [6, 6.07) is 4.02. The highest BCUT2D eigenvalue weighted by molar-refractivity contribution is 7.90. The summed E-state index contributed by atoms with van der Waals surface area (Å²) in [6.45, 7) is 0. The van der Waals surface area contributed by atoms with Crippen molar-refractivity contribution in [3.05, 3.63) is 29.8 Å². The highest BCUT2D eigenvalue weighted by atomic mass is 32.2. The summed E-state index contributed by atoms with van der Waals surface area (Å²) in [6.07, 6.45) is 0.467. The van der Waals surface area contributed by atoms with Gasteiger partial charge >= 0.3 is 5.97 Å². The van der Waals surface area contributed by atoms with Gasteiger partial charge in [0.15, 0.2) is 15.6 Å². The molecule has 4 atom stereocenters. The van der Waals surface area contributed by atoms with Crippen molar-refractivity contribution < 1.29 is 28.2 Å². The van der Waals surface area contributed by atoms with Crippen molar-refractivity contribution in [2.75, 3.05) is 6.26 Å². The van der Waals surface area contributed by atoms with Gasteiger partial charge in [-0.3, -0.25) is 9.59 Å². The fraction of sp³-hybridized carbons (Fsp3) is 0.529. The van der Waals surface area contributed by atoms with E-state index in [1.165, 1.54) is 12.1 Å². The highest BCUT2D eigenvalue weighted by Gasteiger charge is 2.55. The Morgan fingerprint density at radius 3 is 2.31 bits per heavy atom. The third-order valence-electron chi connectivity index (χ3n) is 5.04. The predicted molar refractivity (Wildman–Crippen MR) is 94.1 cm³/mol. The first-order valence-electron chi connectivity index (χ1n) is 8.26. The molecular formula is C17H24N2O6S. The van der Waals surface area contributed by atoms with Crippen LogP contribution in [0.1, 0.15) is 24.8 Å². The predicted octanol–water partition coefficient (Wildman–Crippen LogP) is -0.528. The van der Waals surface area contributed by atoms with E-state index in [0.717, 1.165) is 6.26 Å². The van der Waals surface area contributed by atoms with Crippen LogP contribution in [-0.2, 0) is 25.8 Å². The number of carbonyl (C=O) groups is 2. The van der Waals surface area contributed by atoms with Gasteiger partial charge in [-0.05, 0) is 37.0 Å². The number of aliphatic hydroxyl groups excluding tert-OH is 1. The fourth-order valence-corrected chi connectivity index (χ4v) is 4.05. The van der Waals surface area contributed by atoms with Crippen LogP contribution in [0.2, 0.25) is 0 Å². The van der Waals surface area contributed by atoms with Crippen LogP contribution in [0.25, 0.3) is 0 Å². The minimum absolute atomic E-state index is 0.0785. The Bertz CT molecular complexity index is 792. The summed E-state index contributed by atoms with van der Waals surface area (Å²) in [5, 5.41) is 19.9. The van der Waals surface area contributed by atoms with Crippen molar-refractivity contribution in [1.29, 1.82) is 0 Å². The van der Waals surface area contributed by atoms with Gasteiger partial charge in [0, 0.05) is 18.3 Å². The van der Waals surface area contributed by atoms with Crippen LogP contribution in [0.3, 0.4) is 0 Å². The standard InChI is InChI=1S/C17H24N2O6S/c1-26(24,25)11-6-4-10(5-7-11)9-12(18)14(20)15(21)17(16(22)23)8-2-3-13(17)19/h4-7,12-14,20H,2-3,8-9,18-19H2,1H3,(H,22,23)/t12-,13?,14-,17?/m0/s1. The van der Waals surface area contributed by atoms with E-state index in [1.54, 1.807) is 12.1 Å². The SMILES string of the molecule is CS(=O)(=O)c1ccc(C[C@H](N)[C@H](O)C(=O)C2(C(=O)O)CCCC2N)cc1. The number of benzene rings is 1. The van der Waals surface area contributed by atoms with E-state index in [1.807, 2.05) is 0 Å². The van der Waals surface area contributed by atoms with Crippen molar-refractivity contribution in [2.24, 2.45) is 16.9 Å². The lowest BCUT2D eigenvalue weighted by Gasteiger charge is -2.31. The first-order chi connectivity index (χ1) is 12.0. The number of sulfone groups is 1. The number of carboxylic acid groups (broad SMARTS) is 1. The van der Waals surface area contributed by atoms with Gasteiger partial charge in [-0.1, -0.05) is 18.6 Å². The molecule has 9 heteroatoms. The molecule has 0 radical (unpaired) electrons. The summed E-state index contributed by atoms with van der Waals surface area (Å²) < 4.78 is 22.9. The Balaban J connectivity index is 2.15. The van der Waals surface area contributed by atoms with E-state index in [9.17, 15) is 28.2 Å². The Morgan fingerprint density at radius 2 is 1.88 bits per heavy atom. The molecule has 0 heterocycles. The minimum atomic E-state index is -3.33. The lowest BCUT2D eigenvalue weighted by Crippen LogP contribution is -2.57. The monoisotopic (exact) mass is 384 g/mol. The number of rotatable bonds is 7. The summed E-state index contributed by atoms with van der Waals surface area (Å²) >= 11 is 0. The quantitative estimate of drug-likeness (QED) is 0.456. The van der Waals surface area contributed by atoms with Gasteiger partial charge < -0.3 is 21.7 Å². The Morgan fingerprint density at radius 1 is 1.31 bits per heavy atom. The zero-order valence-corrected chi connectivity index (χ0v) is 15.3. The zero-order valence-electron chi connectivity index (χ0n) is 14.5. The van der Waals surface area contributed by atoms with Crippen LogP contribution in [-0.4, -0.2) is 54.8 Å². The van der Waals surface area contributed by atoms with Crippen molar-refractivity contribution in [1.82, 2.24) is 0 Å². The third kappa shape index (κ3) is 3.80. The van der Waals surface area contributed by atoms with E-state index >= 15 is 0 Å². The molecule has 0 spiro atoms. The van der Waals surface area contributed by atoms with Crippen molar-refractivity contribution in [3.8, 4) is 0 Å². The van der Waals surface area contributed by atoms with E-state index in [0.29, 0.717) is 18.4 Å². The zero-order chi connectivity index (χ0) is 19.7. The van der Waals surface area contributed by atoms with E-state index in [4.69, 9.17) is 11.5 Å². The number of carboxylic acids is 1. The van der Waals surface area contributed by atoms with Gasteiger partial charge in [0.25, 0.3) is 0 Å². The van der Waals surface area contributed by atoms with E-state index < -0.39 is 45.2 Å². The average Bonchev–Trinajstić information content (AvgIpc) is 2.95. The topological polar surface area (TPSA) is 161 Å². The number of Topliss-reactive ketones (excluding diaryl/α,β-unsaturated/α-hetero) is 1. The van der Waals surface area contributed by atoms with Gasteiger partial charge in [0.05, 0.1) is 4.90 Å². The number of aliphatic hydroxyl groups is 1. The van der Waals surface area contributed by atoms with Crippen molar-refractivity contribution in [2.45, 2.75) is 48.8 Å². The van der Waals surface area contributed by atoms with Gasteiger partial charge in [-0.25, -0.2) is 8.42 Å². The van der Waals surface area contributed by atoms with E-state index in [2.05, 4.69) is 0 Å². The molecule has 144 valence electrons. The number of aliphatic carboxylic acids is 1. The maximum absolute atomic E-state index is 12.7. The molecule has 0 bridgehead atoms. The van der Waals surface area contributed by atoms with Gasteiger partial charge in [-0.15, -0.1) is 0 Å².